The zero-order valence-corrected chi connectivity index (χ0v) is 32.9. The summed E-state index contributed by atoms with van der Waals surface area (Å²) >= 11 is 3.91. The Hall–Kier alpha value is -2.92. The average Bonchev–Trinajstić information content (AvgIpc) is 3.89. The van der Waals surface area contributed by atoms with Crippen molar-refractivity contribution in [1.29, 1.82) is 10.8 Å². The molecule has 17 heteroatoms. The van der Waals surface area contributed by atoms with Gasteiger partial charge in [0.2, 0.25) is 23.6 Å². The molecule has 0 saturated carbocycles. The van der Waals surface area contributed by atoms with Crippen LogP contribution in [0.4, 0.5) is 0 Å². The predicted molar refractivity (Wildman–Crippen MR) is 212 cm³/mol. The molecule has 0 aromatic rings. The van der Waals surface area contributed by atoms with Crippen molar-refractivity contribution in [2.24, 2.45) is 0 Å². The van der Waals surface area contributed by atoms with E-state index in [0.29, 0.717) is 112 Å². The van der Waals surface area contributed by atoms with Crippen molar-refractivity contribution in [2.45, 2.75) is 137 Å². The van der Waals surface area contributed by atoms with Gasteiger partial charge in [0.15, 0.2) is 11.9 Å². The molecule has 10 N–H and O–H groups in total. The van der Waals surface area contributed by atoms with Gasteiger partial charge in [0.25, 0.3) is 0 Å². The highest BCUT2D eigenvalue weighted by atomic mass is 32.2. The number of nitrogens with one attached hydrogen (secondary N) is 10. The van der Waals surface area contributed by atoms with Gasteiger partial charge in [-0.2, -0.15) is 23.5 Å². The second-order valence-electron chi connectivity index (χ2n) is 14.5. The van der Waals surface area contributed by atoms with E-state index in [1.54, 1.807) is 0 Å². The van der Waals surface area contributed by atoms with E-state index in [1.165, 1.54) is 0 Å². The summed E-state index contributed by atoms with van der Waals surface area (Å²) < 4.78 is 5.52. The van der Waals surface area contributed by atoms with Gasteiger partial charge in [0.1, 0.15) is 0 Å². The van der Waals surface area contributed by atoms with Crippen LogP contribution in [0.5, 0.6) is 0 Å². The van der Waals surface area contributed by atoms with Gasteiger partial charge in [0.05, 0.1) is 37.4 Å². The van der Waals surface area contributed by atoms with Gasteiger partial charge in [-0.15, -0.1) is 0 Å². The first-order chi connectivity index (χ1) is 25.8. The lowest BCUT2D eigenvalue weighted by Crippen LogP contribution is -2.36. The maximum absolute atomic E-state index is 12.1. The predicted octanol–water partition coefficient (Wildman–Crippen LogP) is 1.67. The number of unbranched alkanes of at least 4 members (excludes halogenated alkanes) is 6. The largest absolute Gasteiger partial charge is 0.378 e. The van der Waals surface area contributed by atoms with Crippen molar-refractivity contribution < 1.29 is 23.9 Å². The molecule has 4 rings (SSSR count). The number of hydrogen-bond acceptors (Lipinski definition) is 9. The van der Waals surface area contributed by atoms with Gasteiger partial charge in [-0.3, -0.25) is 30.0 Å². The Kier molecular flexibility index (Phi) is 19.8. The molecule has 53 heavy (non-hydrogen) atoms. The number of amides is 4. The maximum atomic E-state index is 12.1. The highest BCUT2D eigenvalue weighted by molar-refractivity contribution is 8.00. The lowest BCUT2D eigenvalue weighted by Gasteiger charge is -2.16. The molecule has 0 aromatic heterocycles. The molecule has 0 spiro atoms. The summed E-state index contributed by atoms with van der Waals surface area (Å²) in [5.41, 5.74) is 0. The molecule has 300 valence electrons. The number of carbonyl (C=O) groups excluding carboxylic acids is 4. The Labute approximate surface area is 323 Å². The van der Waals surface area contributed by atoms with Crippen LogP contribution in [0.15, 0.2) is 0 Å². The van der Waals surface area contributed by atoms with Gasteiger partial charge >= 0.3 is 0 Å². The van der Waals surface area contributed by atoms with Crippen molar-refractivity contribution in [3.8, 4) is 0 Å². The van der Waals surface area contributed by atoms with E-state index in [2.05, 4.69) is 42.5 Å². The van der Waals surface area contributed by atoms with Crippen molar-refractivity contribution in [2.75, 3.05) is 50.9 Å². The van der Waals surface area contributed by atoms with E-state index in [0.717, 1.165) is 88.6 Å². The van der Waals surface area contributed by atoms with Gasteiger partial charge in [0, 0.05) is 73.9 Å². The summed E-state index contributed by atoms with van der Waals surface area (Å²) in [6.07, 6.45) is 12.9. The van der Waals surface area contributed by atoms with E-state index in [9.17, 15) is 19.2 Å². The molecule has 0 aromatic carbocycles. The summed E-state index contributed by atoms with van der Waals surface area (Å²) in [6, 6.07) is 1.41. The molecule has 0 bridgehead atoms. The molecule has 15 nitrogen and oxygen atoms in total. The zero-order valence-electron chi connectivity index (χ0n) is 31.3. The van der Waals surface area contributed by atoms with E-state index < -0.39 is 0 Å². The standard InChI is InChI=1S/C36H64N10O5S2/c37-35-43-25-23-52-27(33(25)45-35)11-5-7-15-29(47)39-17-9-1-3-13-31(49)41-19-21-51-22-20-42-32(50)14-4-2-10-18-40-30(48)16-8-6-12-28-34-26(24-53-28)44-36(38)46-34/h25-28,33-34H,1-24H2,(H,39,47)(H,40,48)(H,41,49)(H,42,50)(H3,37,43,45)(H3,38,44,46)/t25-,26-,27?,28?,33-,34-/m0/s1. The average molecular weight is 781 g/mol. The number of thioether (sulfide) groups is 2. The van der Waals surface area contributed by atoms with Crippen LogP contribution >= 0.6 is 23.5 Å². The molecule has 4 heterocycles. The molecule has 0 radical (unpaired) electrons. The third-order valence-electron chi connectivity index (χ3n) is 10.2. The molecule has 2 unspecified atom stereocenters. The van der Waals surface area contributed by atoms with Gasteiger partial charge in [-0.1, -0.05) is 25.7 Å². The van der Waals surface area contributed by atoms with Crippen molar-refractivity contribution in [3.63, 3.8) is 0 Å². The van der Waals surface area contributed by atoms with Crippen LogP contribution in [0.1, 0.15) is 103 Å². The smallest absolute Gasteiger partial charge is 0.220 e. The first-order valence-electron chi connectivity index (χ1n) is 19.9. The Morgan fingerprint density at radius 2 is 0.906 bits per heavy atom. The maximum Gasteiger partial charge on any atom is 0.220 e. The van der Waals surface area contributed by atoms with Gasteiger partial charge in [-0.05, 0) is 51.4 Å². The third-order valence-corrected chi connectivity index (χ3v) is 13.2. The Bertz CT molecular complexity index is 1110. The lowest BCUT2D eigenvalue weighted by atomic mass is 10.0. The Morgan fingerprint density at radius 1 is 0.528 bits per heavy atom. The van der Waals surface area contributed by atoms with Crippen LogP contribution in [0.25, 0.3) is 0 Å². The Balaban J connectivity index is 0.825. The summed E-state index contributed by atoms with van der Waals surface area (Å²) in [5.74, 6) is 3.11. The van der Waals surface area contributed by atoms with E-state index in [1.807, 2.05) is 23.5 Å². The minimum absolute atomic E-state index is 0.00632. The van der Waals surface area contributed by atoms with E-state index in [4.69, 9.17) is 15.6 Å². The molecule has 4 saturated heterocycles. The topological polar surface area (TPSA) is 221 Å². The first-order valence-corrected chi connectivity index (χ1v) is 22.0. The number of carbonyl (C=O) groups is 4. The molecule has 4 aliphatic rings. The van der Waals surface area contributed by atoms with Crippen molar-refractivity contribution >= 4 is 59.1 Å². The minimum atomic E-state index is -0.00632. The Morgan fingerprint density at radius 3 is 1.32 bits per heavy atom. The summed E-state index contributed by atoms with van der Waals surface area (Å²) in [5, 5.41) is 41.0. The van der Waals surface area contributed by atoms with Crippen LogP contribution < -0.4 is 42.5 Å². The van der Waals surface area contributed by atoms with Gasteiger partial charge < -0.3 is 47.3 Å². The first kappa shape index (κ1) is 42.8. The molecular formula is C36H64N10O5S2. The van der Waals surface area contributed by atoms with E-state index in [-0.39, 0.29) is 23.6 Å². The molecule has 4 aliphatic heterocycles. The fraction of sp³-hybridized carbons (Fsp3) is 0.833. The number of guanidine groups is 2. The van der Waals surface area contributed by atoms with Crippen molar-refractivity contribution in [1.82, 2.24) is 42.5 Å². The van der Waals surface area contributed by atoms with Crippen molar-refractivity contribution in [3.05, 3.63) is 0 Å². The zero-order chi connectivity index (χ0) is 37.7. The van der Waals surface area contributed by atoms with Crippen LogP contribution in [-0.2, 0) is 23.9 Å². The number of fused-ring (bicyclic) bond motifs is 2. The SMILES string of the molecule is N=C1N[C@H]2CSC(CCCCC(=O)NCCCCCC(=O)NCCOCCNC(=O)CCCCCNC(=O)CCCCC3SC[C@@H]4NC(=N)N[C@H]34)[C@H]2N1. The molecule has 4 amide bonds. The molecular weight excluding hydrogens is 717 g/mol. The second kappa shape index (κ2) is 24.5. The van der Waals surface area contributed by atoms with E-state index >= 15 is 0 Å². The number of ether oxygens (including phenoxy) is 1. The number of rotatable bonds is 28. The summed E-state index contributed by atoms with van der Waals surface area (Å²) in [6.45, 7) is 2.91. The van der Waals surface area contributed by atoms with Crippen LogP contribution in [0, 0.1) is 10.8 Å². The highest BCUT2D eigenvalue weighted by Gasteiger charge is 2.42. The third kappa shape index (κ3) is 16.5. The normalized spacial score (nSPS) is 24.0. The monoisotopic (exact) mass is 780 g/mol. The van der Waals surface area contributed by atoms with Crippen LogP contribution in [0.2, 0.25) is 0 Å². The number of hydrogen-bond donors (Lipinski definition) is 10. The highest BCUT2D eigenvalue weighted by Crippen LogP contribution is 2.34. The summed E-state index contributed by atoms with van der Waals surface area (Å²) in [4.78, 5) is 48.4. The van der Waals surface area contributed by atoms with Gasteiger partial charge in [-0.25, -0.2) is 0 Å². The molecule has 6 atom stereocenters. The minimum Gasteiger partial charge on any atom is -0.378 e. The molecule has 4 fully saturated rings. The fourth-order valence-electron chi connectivity index (χ4n) is 7.22. The lowest BCUT2D eigenvalue weighted by molar-refractivity contribution is -0.122. The van der Waals surface area contributed by atoms with Crippen LogP contribution in [-0.4, -0.2) is 121 Å². The summed E-state index contributed by atoms with van der Waals surface area (Å²) in [7, 11) is 0. The second-order valence-corrected chi connectivity index (χ2v) is 17.0. The fourth-order valence-corrected chi connectivity index (χ4v) is 10.3. The quantitative estimate of drug-likeness (QED) is 0.0515. The van der Waals surface area contributed by atoms with Crippen LogP contribution in [0.3, 0.4) is 0 Å². The molecule has 0 aliphatic carbocycles.